The van der Waals surface area contributed by atoms with E-state index in [1.165, 1.54) is 5.56 Å². The van der Waals surface area contributed by atoms with Crippen LogP contribution in [0.5, 0.6) is 0 Å². The monoisotopic (exact) mass is 379 g/mol. The largest absolute Gasteiger partial charge is 0.378 e. The lowest BCUT2D eigenvalue weighted by Gasteiger charge is -2.37. The SMILES string of the molecule is CN(C)c1ccc(C(=O)N2CCN(C3CC(c4ccccc4)NN3)CC2)cc1. The number of nitrogens with one attached hydrogen (secondary N) is 2. The maximum atomic E-state index is 12.8. The summed E-state index contributed by atoms with van der Waals surface area (Å²) in [6.07, 6.45) is 1.34. The van der Waals surface area contributed by atoms with Crippen molar-refractivity contribution in [2.75, 3.05) is 45.2 Å². The Labute approximate surface area is 167 Å². The van der Waals surface area contributed by atoms with Crippen LogP contribution in [0.4, 0.5) is 5.69 Å². The van der Waals surface area contributed by atoms with Crippen molar-refractivity contribution >= 4 is 11.6 Å². The lowest BCUT2D eigenvalue weighted by atomic mass is 10.0. The Kier molecular flexibility index (Phi) is 5.62. The predicted molar refractivity (Wildman–Crippen MR) is 112 cm³/mol. The van der Waals surface area contributed by atoms with Gasteiger partial charge >= 0.3 is 0 Å². The molecule has 1 amide bonds. The van der Waals surface area contributed by atoms with E-state index in [4.69, 9.17) is 0 Å². The molecule has 2 heterocycles. The van der Waals surface area contributed by atoms with Gasteiger partial charge in [0.1, 0.15) is 0 Å². The number of benzene rings is 2. The Morgan fingerprint density at radius 2 is 1.61 bits per heavy atom. The number of hydrogen-bond acceptors (Lipinski definition) is 5. The zero-order valence-corrected chi connectivity index (χ0v) is 16.6. The van der Waals surface area contributed by atoms with Crippen LogP contribution in [0.1, 0.15) is 28.4 Å². The molecule has 2 atom stereocenters. The lowest BCUT2D eigenvalue weighted by Crippen LogP contribution is -2.55. The number of carbonyl (C=O) groups is 1. The molecule has 4 rings (SSSR count). The fourth-order valence-corrected chi connectivity index (χ4v) is 4.00. The number of carbonyl (C=O) groups excluding carboxylic acids is 1. The van der Waals surface area contributed by atoms with E-state index in [0.717, 1.165) is 43.9 Å². The van der Waals surface area contributed by atoms with Gasteiger partial charge in [0.2, 0.25) is 0 Å². The van der Waals surface area contributed by atoms with Gasteiger partial charge in [-0.25, -0.2) is 10.9 Å². The minimum atomic E-state index is 0.129. The average Bonchev–Trinajstić information content (AvgIpc) is 3.24. The molecule has 2 saturated heterocycles. The summed E-state index contributed by atoms with van der Waals surface area (Å²) < 4.78 is 0. The van der Waals surface area contributed by atoms with Crippen molar-refractivity contribution in [3.05, 3.63) is 65.7 Å². The summed E-state index contributed by atoms with van der Waals surface area (Å²) in [5.74, 6) is 0.129. The highest BCUT2D eigenvalue weighted by molar-refractivity contribution is 5.94. The molecule has 0 saturated carbocycles. The molecule has 6 heteroatoms. The van der Waals surface area contributed by atoms with E-state index in [9.17, 15) is 4.79 Å². The smallest absolute Gasteiger partial charge is 0.253 e. The molecule has 2 fully saturated rings. The molecule has 6 nitrogen and oxygen atoms in total. The molecule has 148 valence electrons. The Morgan fingerprint density at radius 3 is 2.25 bits per heavy atom. The minimum absolute atomic E-state index is 0.129. The quantitative estimate of drug-likeness (QED) is 0.852. The number of nitrogens with zero attached hydrogens (tertiary/aromatic N) is 3. The van der Waals surface area contributed by atoms with Crippen LogP contribution < -0.4 is 15.8 Å². The van der Waals surface area contributed by atoms with Gasteiger partial charge in [-0.1, -0.05) is 30.3 Å². The summed E-state index contributed by atoms with van der Waals surface area (Å²) in [7, 11) is 4.01. The summed E-state index contributed by atoms with van der Waals surface area (Å²) in [5.41, 5.74) is 10.0. The lowest BCUT2D eigenvalue weighted by molar-refractivity contribution is 0.0545. The van der Waals surface area contributed by atoms with Gasteiger partial charge < -0.3 is 9.80 Å². The van der Waals surface area contributed by atoms with Gasteiger partial charge in [0.25, 0.3) is 5.91 Å². The normalized spacial score (nSPS) is 23.0. The van der Waals surface area contributed by atoms with Gasteiger partial charge in [0, 0.05) is 57.6 Å². The van der Waals surface area contributed by atoms with E-state index in [1.807, 2.05) is 54.2 Å². The van der Waals surface area contributed by atoms with Gasteiger partial charge in [0.05, 0.1) is 6.17 Å². The summed E-state index contributed by atoms with van der Waals surface area (Å²) in [6.45, 7) is 3.32. The Balaban J connectivity index is 1.30. The van der Waals surface area contributed by atoms with Gasteiger partial charge in [-0.2, -0.15) is 0 Å². The van der Waals surface area contributed by atoms with E-state index >= 15 is 0 Å². The van der Waals surface area contributed by atoms with Crippen LogP contribution >= 0.6 is 0 Å². The molecular formula is C22H29N5O. The highest BCUT2D eigenvalue weighted by Gasteiger charge is 2.32. The fourth-order valence-electron chi connectivity index (χ4n) is 4.00. The number of anilines is 1. The first kappa shape index (κ1) is 18.9. The third-order valence-corrected chi connectivity index (χ3v) is 5.76. The molecule has 2 N–H and O–H groups in total. The molecule has 0 radical (unpaired) electrons. The summed E-state index contributed by atoms with van der Waals surface area (Å²) in [6, 6.07) is 18.7. The van der Waals surface area contributed by atoms with Gasteiger partial charge in [-0.05, 0) is 36.2 Å². The molecule has 0 bridgehead atoms. The molecular weight excluding hydrogens is 350 g/mol. The summed E-state index contributed by atoms with van der Waals surface area (Å²) in [4.78, 5) is 19.3. The zero-order valence-electron chi connectivity index (χ0n) is 16.6. The number of amides is 1. The molecule has 0 spiro atoms. The van der Waals surface area contributed by atoms with Crippen molar-refractivity contribution in [3.8, 4) is 0 Å². The molecule has 2 aromatic carbocycles. The van der Waals surface area contributed by atoms with Crippen molar-refractivity contribution in [2.24, 2.45) is 0 Å². The van der Waals surface area contributed by atoms with Crippen LogP contribution in [0.2, 0.25) is 0 Å². The van der Waals surface area contributed by atoms with Crippen molar-refractivity contribution in [3.63, 3.8) is 0 Å². The van der Waals surface area contributed by atoms with E-state index in [1.54, 1.807) is 0 Å². The van der Waals surface area contributed by atoms with Crippen LogP contribution in [0, 0.1) is 0 Å². The first-order valence-electron chi connectivity index (χ1n) is 9.98. The zero-order chi connectivity index (χ0) is 19.5. The highest BCUT2D eigenvalue weighted by atomic mass is 16.2. The highest BCUT2D eigenvalue weighted by Crippen LogP contribution is 2.24. The summed E-state index contributed by atoms with van der Waals surface area (Å²) in [5, 5.41) is 0. The molecule has 2 aliphatic rings. The van der Waals surface area contributed by atoms with Crippen molar-refractivity contribution in [1.29, 1.82) is 0 Å². The van der Waals surface area contributed by atoms with Crippen LogP contribution in [0.3, 0.4) is 0 Å². The molecule has 28 heavy (non-hydrogen) atoms. The third-order valence-electron chi connectivity index (χ3n) is 5.76. The average molecular weight is 380 g/mol. The topological polar surface area (TPSA) is 50.9 Å². The number of rotatable bonds is 4. The first-order valence-corrected chi connectivity index (χ1v) is 9.98. The van der Waals surface area contributed by atoms with Crippen LogP contribution in [0.25, 0.3) is 0 Å². The van der Waals surface area contributed by atoms with Crippen LogP contribution in [-0.2, 0) is 0 Å². The number of hydrogen-bond donors (Lipinski definition) is 2. The number of hydrazine groups is 1. The Morgan fingerprint density at radius 1 is 0.929 bits per heavy atom. The van der Waals surface area contributed by atoms with Crippen molar-refractivity contribution < 1.29 is 4.79 Å². The molecule has 2 aliphatic heterocycles. The molecule has 2 unspecified atom stereocenters. The number of piperazine rings is 1. The van der Waals surface area contributed by atoms with Gasteiger partial charge in [-0.3, -0.25) is 9.69 Å². The first-order chi connectivity index (χ1) is 13.6. The van der Waals surface area contributed by atoms with E-state index in [0.29, 0.717) is 12.2 Å². The Bertz CT molecular complexity index is 784. The van der Waals surface area contributed by atoms with Crippen LogP contribution in [0.15, 0.2) is 54.6 Å². The Hall–Kier alpha value is -2.41. The standard InChI is InChI=1S/C22H29N5O/c1-25(2)19-10-8-18(9-11-19)22(28)27-14-12-26(13-15-27)21-16-20(23-24-21)17-6-4-3-5-7-17/h3-11,20-21,23-24H,12-16H2,1-2H3. The molecule has 0 aromatic heterocycles. The van der Waals surface area contributed by atoms with E-state index < -0.39 is 0 Å². The molecule has 2 aromatic rings. The minimum Gasteiger partial charge on any atom is -0.378 e. The molecule has 0 aliphatic carbocycles. The van der Waals surface area contributed by atoms with E-state index in [2.05, 4.69) is 40.0 Å². The second-order valence-corrected chi connectivity index (χ2v) is 7.77. The predicted octanol–water partition coefficient (Wildman–Crippen LogP) is 2.08. The fraction of sp³-hybridized carbons (Fsp3) is 0.409. The second kappa shape index (κ2) is 8.31. The second-order valence-electron chi connectivity index (χ2n) is 7.77. The maximum absolute atomic E-state index is 12.8. The summed E-state index contributed by atoms with van der Waals surface area (Å²) >= 11 is 0. The van der Waals surface area contributed by atoms with Crippen LogP contribution in [-0.4, -0.2) is 62.1 Å². The maximum Gasteiger partial charge on any atom is 0.253 e. The van der Waals surface area contributed by atoms with Gasteiger partial charge in [-0.15, -0.1) is 0 Å². The van der Waals surface area contributed by atoms with E-state index in [-0.39, 0.29) is 5.91 Å². The third kappa shape index (κ3) is 4.04. The van der Waals surface area contributed by atoms with Gasteiger partial charge in [0.15, 0.2) is 0 Å². The van der Waals surface area contributed by atoms with Crippen molar-refractivity contribution in [1.82, 2.24) is 20.7 Å². The van der Waals surface area contributed by atoms with Crippen molar-refractivity contribution in [2.45, 2.75) is 18.6 Å².